The smallest absolute Gasteiger partial charge is 0.338 e. The molecule has 0 spiro atoms. The number of hydrogen-bond acceptors (Lipinski definition) is 10. The van der Waals surface area contributed by atoms with Crippen LogP contribution in [0.5, 0.6) is 23.1 Å². The zero-order valence-electron chi connectivity index (χ0n) is 26.1. The molecule has 16 heteroatoms. The molecule has 0 aliphatic carbocycles. The Hall–Kier alpha value is -5.48. The van der Waals surface area contributed by atoms with E-state index in [0.717, 1.165) is 11.1 Å². The quantitative estimate of drug-likeness (QED) is 0.210. The van der Waals surface area contributed by atoms with Crippen molar-refractivity contribution in [3.63, 3.8) is 0 Å². The number of anilines is 1. The van der Waals surface area contributed by atoms with E-state index < -0.39 is 28.9 Å². The number of ether oxygens (including phenoxy) is 3. The second-order valence-corrected chi connectivity index (χ2v) is 12.1. The summed E-state index contributed by atoms with van der Waals surface area (Å²) in [6.45, 7) is 1.54. The Labute approximate surface area is 283 Å². The van der Waals surface area contributed by atoms with Gasteiger partial charge in [-0.25, -0.2) is 34.0 Å². The van der Waals surface area contributed by atoms with Gasteiger partial charge in [-0.3, -0.25) is 14.5 Å². The molecule has 6 rings (SSSR count). The Morgan fingerprint density at radius 3 is 2.51 bits per heavy atom. The van der Waals surface area contributed by atoms with Gasteiger partial charge in [0.25, 0.3) is 5.91 Å². The van der Waals surface area contributed by atoms with Crippen molar-refractivity contribution in [3.05, 3.63) is 89.6 Å². The average Bonchev–Trinajstić information content (AvgIpc) is 3.08. The minimum Gasteiger partial charge on any atom is -0.493 e. The fraction of sp³-hybridized carbons (Fsp3) is 0.242. The minimum absolute atomic E-state index is 0.0629. The van der Waals surface area contributed by atoms with Crippen molar-refractivity contribution in [1.82, 2.24) is 25.3 Å². The van der Waals surface area contributed by atoms with Crippen LogP contribution in [0.15, 0.2) is 72.4 Å². The van der Waals surface area contributed by atoms with Gasteiger partial charge in [0.05, 0.1) is 24.6 Å². The van der Waals surface area contributed by atoms with Gasteiger partial charge in [0.2, 0.25) is 11.8 Å². The van der Waals surface area contributed by atoms with Gasteiger partial charge in [0, 0.05) is 37.0 Å². The summed E-state index contributed by atoms with van der Waals surface area (Å²) < 4.78 is 46.4. The van der Waals surface area contributed by atoms with E-state index in [1.807, 2.05) is 4.90 Å². The van der Waals surface area contributed by atoms with Gasteiger partial charge in [-0.15, -0.1) is 11.8 Å². The van der Waals surface area contributed by atoms with Crippen LogP contribution in [0.3, 0.4) is 0 Å². The largest absolute Gasteiger partial charge is 0.493 e. The number of nitrogens with zero attached hydrogens (tertiary/aromatic N) is 4. The van der Waals surface area contributed by atoms with Crippen LogP contribution in [0.1, 0.15) is 23.8 Å². The molecule has 13 nitrogen and oxygen atoms in total. The zero-order chi connectivity index (χ0) is 34.5. The van der Waals surface area contributed by atoms with Gasteiger partial charge in [-0.05, 0) is 54.1 Å². The summed E-state index contributed by atoms with van der Waals surface area (Å²) in [5.74, 6) is -1.32. The highest BCUT2D eigenvalue weighted by Crippen LogP contribution is 2.38. The van der Waals surface area contributed by atoms with E-state index >= 15 is 4.39 Å². The molecule has 1 saturated heterocycles. The zero-order valence-corrected chi connectivity index (χ0v) is 26.9. The van der Waals surface area contributed by atoms with Crippen molar-refractivity contribution in [3.8, 4) is 23.1 Å². The van der Waals surface area contributed by atoms with E-state index in [1.54, 1.807) is 17.5 Å². The standard InChI is InChI=1S/C33H31F2N7O6S/c1-46-27-15-23-25(16-28(27)47-22-8-11-41(12-9-22)17-29(36)43)37-18-38-31(23)48-26-7-6-21(14-24(26)35)39-33(45)40-42-30(44)10-13-49-32(42)19-2-4-20(34)5-3-19/h2-7,10,13-16,18,22,32H,8-9,11-12,17H2,1H3,(H2,36,43)(H2,39,40,45). The summed E-state index contributed by atoms with van der Waals surface area (Å²) in [6, 6.07) is 11.9. The normalized spacial score (nSPS) is 16.8. The monoisotopic (exact) mass is 691 g/mol. The van der Waals surface area contributed by atoms with Gasteiger partial charge < -0.3 is 25.3 Å². The molecule has 1 atom stereocenters. The Morgan fingerprint density at radius 1 is 1.02 bits per heavy atom. The summed E-state index contributed by atoms with van der Waals surface area (Å²) in [4.78, 5) is 47.1. The third-order valence-corrected chi connectivity index (χ3v) is 8.79. The SMILES string of the molecule is COc1cc2c(Oc3ccc(NC(=O)NN4C(=O)C=CSC4c4ccc(F)cc4)cc3F)ncnc2cc1OC1CCN(CC(N)=O)CC1. The van der Waals surface area contributed by atoms with Crippen LogP contribution in [-0.2, 0) is 9.59 Å². The van der Waals surface area contributed by atoms with Crippen LogP contribution < -0.4 is 30.7 Å². The number of piperidine rings is 1. The van der Waals surface area contributed by atoms with E-state index in [9.17, 15) is 18.8 Å². The first kappa shape index (κ1) is 33.4. The highest BCUT2D eigenvalue weighted by atomic mass is 32.2. The molecule has 3 aromatic carbocycles. The number of rotatable bonds is 10. The molecule has 4 amide bonds. The number of fused-ring (bicyclic) bond motifs is 1. The summed E-state index contributed by atoms with van der Waals surface area (Å²) >= 11 is 1.24. The number of halogens is 2. The fourth-order valence-corrected chi connectivity index (χ4v) is 6.33. The van der Waals surface area contributed by atoms with E-state index in [2.05, 4.69) is 20.7 Å². The summed E-state index contributed by atoms with van der Waals surface area (Å²) in [7, 11) is 1.50. The van der Waals surface area contributed by atoms with E-state index in [0.29, 0.717) is 53.9 Å². The molecule has 2 aliphatic heterocycles. The van der Waals surface area contributed by atoms with Gasteiger partial charge in [0.15, 0.2) is 23.1 Å². The van der Waals surface area contributed by atoms with Crippen LogP contribution in [0.2, 0.25) is 0 Å². The molecule has 0 radical (unpaired) electrons. The topological polar surface area (TPSA) is 161 Å². The molecule has 1 fully saturated rings. The Morgan fingerprint density at radius 2 is 1.80 bits per heavy atom. The summed E-state index contributed by atoms with van der Waals surface area (Å²) in [5.41, 5.74) is 8.94. The average molecular weight is 692 g/mol. The van der Waals surface area contributed by atoms with Crippen LogP contribution >= 0.6 is 11.8 Å². The molecule has 1 aromatic heterocycles. The number of amides is 4. The van der Waals surface area contributed by atoms with Gasteiger partial charge in [-0.2, -0.15) is 0 Å². The number of aromatic nitrogens is 2. The van der Waals surface area contributed by atoms with Crippen molar-refractivity contribution in [2.75, 3.05) is 32.1 Å². The molecular formula is C33H31F2N7O6S. The number of benzene rings is 3. The number of likely N-dealkylation sites (tertiary alicyclic amines) is 1. The van der Waals surface area contributed by atoms with Crippen molar-refractivity contribution in [2.45, 2.75) is 24.3 Å². The second-order valence-electron chi connectivity index (χ2n) is 11.1. The molecule has 0 saturated carbocycles. The van der Waals surface area contributed by atoms with Crippen LogP contribution in [-0.4, -0.2) is 70.6 Å². The van der Waals surface area contributed by atoms with Gasteiger partial charge in [0.1, 0.15) is 23.6 Å². The number of urea groups is 1. The number of thioether (sulfide) groups is 1. The minimum atomic E-state index is -0.799. The summed E-state index contributed by atoms with van der Waals surface area (Å²) in [5, 5.41) is 4.99. The van der Waals surface area contributed by atoms with Crippen LogP contribution in [0.4, 0.5) is 19.3 Å². The van der Waals surface area contributed by atoms with Crippen LogP contribution in [0, 0.1) is 11.6 Å². The molecule has 4 aromatic rings. The number of methoxy groups -OCH3 is 1. The number of hydrazine groups is 1. The third kappa shape index (κ3) is 7.98. The first-order valence-electron chi connectivity index (χ1n) is 15.1. The van der Waals surface area contributed by atoms with E-state index in [4.69, 9.17) is 19.9 Å². The molecule has 254 valence electrons. The Bertz CT molecular complexity index is 1910. The molecule has 0 bridgehead atoms. The lowest BCUT2D eigenvalue weighted by molar-refractivity contribution is -0.129. The predicted molar refractivity (Wildman–Crippen MR) is 177 cm³/mol. The van der Waals surface area contributed by atoms with Crippen molar-refractivity contribution >= 4 is 46.2 Å². The first-order valence-corrected chi connectivity index (χ1v) is 16.1. The summed E-state index contributed by atoms with van der Waals surface area (Å²) in [6.07, 6.45) is 3.85. The second kappa shape index (κ2) is 14.7. The maximum absolute atomic E-state index is 15.3. The number of primary amides is 1. The number of hydrogen-bond donors (Lipinski definition) is 3. The van der Waals surface area contributed by atoms with Gasteiger partial charge in [-0.1, -0.05) is 12.1 Å². The molecule has 49 heavy (non-hydrogen) atoms. The highest BCUT2D eigenvalue weighted by molar-refractivity contribution is 8.02. The predicted octanol–water partition coefficient (Wildman–Crippen LogP) is 4.86. The van der Waals surface area contributed by atoms with E-state index in [1.165, 1.54) is 67.7 Å². The molecule has 2 aliphatic rings. The molecular weight excluding hydrogens is 660 g/mol. The number of nitrogens with one attached hydrogen (secondary N) is 2. The van der Waals surface area contributed by atoms with Crippen molar-refractivity contribution in [1.29, 1.82) is 0 Å². The lowest BCUT2D eigenvalue weighted by Gasteiger charge is -2.32. The van der Waals surface area contributed by atoms with Crippen molar-refractivity contribution < 1.29 is 37.4 Å². The maximum atomic E-state index is 15.3. The molecule has 4 N–H and O–H groups in total. The lowest BCUT2D eigenvalue weighted by Crippen LogP contribution is -2.49. The number of nitrogens with two attached hydrogens (primary N) is 1. The van der Waals surface area contributed by atoms with Crippen LogP contribution in [0.25, 0.3) is 10.9 Å². The fourth-order valence-electron chi connectivity index (χ4n) is 5.39. The first-order chi connectivity index (χ1) is 23.7. The van der Waals surface area contributed by atoms with Gasteiger partial charge >= 0.3 is 6.03 Å². The van der Waals surface area contributed by atoms with E-state index in [-0.39, 0.29) is 35.9 Å². The van der Waals surface area contributed by atoms with Crippen molar-refractivity contribution in [2.24, 2.45) is 5.73 Å². The molecule has 3 heterocycles. The maximum Gasteiger partial charge on any atom is 0.338 e. The lowest BCUT2D eigenvalue weighted by atomic mass is 10.1. The Balaban J connectivity index is 1.12. The Kier molecular flexibility index (Phi) is 10.1. The number of carbonyl (C=O) groups is 3. The molecule has 1 unspecified atom stereocenters. The third-order valence-electron chi connectivity index (χ3n) is 7.76. The highest BCUT2D eigenvalue weighted by Gasteiger charge is 2.29. The number of carbonyl (C=O) groups excluding carboxylic acids is 3.